The van der Waals surface area contributed by atoms with E-state index in [0.29, 0.717) is 0 Å². The first-order valence-electron chi connectivity index (χ1n) is 7.33. The Kier molecular flexibility index (Phi) is 6.96. The van der Waals surface area contributed by atoms with Crippen LogP contribution >= 0.6 is 0 Å². The second-order valence-electron chi connectivity index (χ2n) is 4.86. The molecule has 1 N–H and O–H groups in total. The monoisotopic (exact) mass is 500 g/mol. The van der Waals surface area contributed by atoms with E-state index in [2.05, 4.69) is 91.0 Å². The van der Waals surface area contributed by atoms with Crippen LogP contribution in [0.1, 0.15) is 6.92 Å². The third-order valence-electron chi connectivity index (χ3n) is 3.04. The predicted molar refractivity (Wildman–Crippen MR) is 97.3 cm³/mol. The predicted octanol–water partition coefficient (Wildman–Crippen LogP) is 2.29. The molecule has 0 aromatic heterocycles. The fraction of sp³-hybridized carbons (Fsp3) is 0.0500. The van der Waals surface area contributed by atoms with Gasteiger partial charge in [0.05, 0.1) is 0 Å². The Labute approximate surface area is 145 Å². The van der Waals surface area contributed by atoms with Gasteiger partial charge in [-0.1, -0.05) is 0 Å². The number of rotatable bonds is 3. The van der Waals surface area contributed by atoms with Crippen molar-refractivity contribution in [1.29, 1.82) is 0 Å². The Balaban J connectivity index is 0.000000433. The summed E-state index contributed by atoms with van der Waals surface area (Å²) < 4.78 is 4.61. The molecule has 0 aliphatic rings. The summed E-state index contributed by atoms with van der Waals surface area (Å²) in [7, 11) is 0. The van der Waals surface area contributed by atoms with Gasteiger partial charge in [-0.25, -0.2) is 0 Å². The molecule has 0 fully saturated rings. The Morgan fingerprint density at radius 3 is 1.09 bits per heavy atom. The topological polar surface area (TPSA) is 37.3 Å². The Morgan fingerprint density at radius 2 is 0.870 bits per heavy atom. The van der Waals surface area contributed by atoms with E-state index in [1.807, 2.05) is 0 Å². The van der Waals surface area contributed by atoms with E-state index in [9.17, 15) is 0 Å². The molecule has 0 atom stereocenters. The standard InChI is InChI=1S/3C6H5.C2H4O2.Bi/c3*1-2-4-6-5-3-1;1-2(3)4;/h3*1-5H;1H3,(H,3,4);. The summed E-state index contributed by atoms with van der Waals surface area (Å²) in [6.07, 6.45) is 0. The Bertz CT molecular complexity index is 614. The zero-order valence-corrected chi connectivity index (χ0v) is 16.4. The first kappa shape index (κ1) is 17.4. The van der Waals surface area contributed by atoms with Crippen molar-refractivity contribution in [1.82, 2.24) is 0 Å². The van der Waals surface area contributed by atoms with Crippen LogP contribution in [-0.4, -0.2) is 32.8 Å². The molecule has 3 rings (SSSR count). The van der Waals surface area contributed by atoms with Gasteiger partial charge in [-0.3, -0.25) is 4.79 Å². The molecule has 0 bridgehead atoms. The second kappa shape index (κ2) is 9.22. The molecule has 0 spiro atoms. The van der Waals surface area contributed by atoms with Crippen molar-refractivity contribution in [3.8, 4) is 0 Å². The van der Waals surface area contributed by atoms with Gasteiger partial charge in [-0.2, -0.15) is 0 Å². The zero-order chi connectivity index (χ0) is 16.5. The molecule has 3 aromatic rings. The first-order valence-corrected chi connectivity index (χ1v) is 12.5. The maximum absolute atomic E-state index is 9.00. The zero-order valence-electron chi connectivity index (χ0n) is 13.0. The van der Waals surface area contributed by atoms with Crippen LogP contribution in [0.5, 0.6) is 0 Å². The average Bonchev–Trinajstić information content (AvgIpc) is 2.58. The van der Waals surface area contributed by atoms with Gasteiger partial charge < -0.3 is 5.11 Å². The van der Waals surface area contributed by atoms with Crippen molar-refractivity contribution in [2.24, 2.45) is 0 Å². The van der Waals surface area contributed by atoms with E-state index in [-0.39, 0.29) is 0 Å². The maximum atomic E-state index is 9.00. The van der Waals surface area contributed by atoms with Crippen molar-refractivity contribution >= 4 is 37.5 Å². The van der Waals surface area contributed by atoms with E-state index in [4.69, 9.17) is 9.90 Å². The first-order chi connectivity index (χ1) is 11.2. The van der Waals surface area contributed by atoms with Gasteiger partial charge in [0.15, 0.2) is 0 Å². The summed E-state index contributed by atoms with van der Waals surface area (Å²) in [5.41, 5.74) is 0. The normalized spacial score (nSPS) is 9.83. The van der Waals surface area contributed by atoms with Crippen LogP contribution in [0.15, 0.2) is 91.0 Å². The third-order valence-corrected chi connectivity index (χ3v) is 12.5. The van der Waals surface area contributed by atoms with Gasteiger partial charge in [0, 0.05) is 6.92 Å². The average molecular weight is 500 g/mol. The number of aliphatic carboxylic acids is 1. The molecule has 0 unspecified atom stereocenters. The SMILES string of the molecule is CC(=O)O.c1cc[c]([Bi]([c]2ccccc2)[c]2ccccc2)cc1. The van der Waals surface area contributed by atoms with Crippen LogP contribution in [0.25, 0.3) is 0 Å². The van der Waals surface area contributed by atoms with E-state index < -0.39 is 27.7 Å². The van der Waals surface area contributed by atoms with Crippen LogP contribution in [0.3, 0.4) is 0 Å². The quantitative estimate of drug-likeness (QED) is 0.561. The van der Waals surface area contributed by atoms with Crippen LogP contribution in [0.4, 0.5) is 0 Å². The molecule has 0 aliphatic heterocycles. The molecule has 3 aromatic carbocycles. The fourth-order valence-electron chi connectivity index (χ4n) is 2.18. The molecule has 0 amide bonds. The van der Waals surface area contributed by atoms with Crippen molar-refractivity contribution in [2.45, 2.75) is 6.92 Å². The van der Waals surface area contributed by atoms with Crippen LogP contribution in [-0.2, 0) is 4.79 Å². The molecule has 116 valence electrons. The number of hydrogen-bond donors (Lipinski definition) is 1. The molecule has 0 saturated carbocycles. The Hall–Kier alpha value is -1.99. The Morgan fingerprint density at radius 1 is 0.652 bits per heavy atom. The number of hydrogen-bond acceptors (Lipinski definition) is 1. The van der Waals surface area contributed by atoms with Gasteiger partial charge in [0.25, 0.3) is 5.97 Å². The van der Waals surface area contributed by atoms with Crippen LogP contribution in [0.2, 0.25) is 0 Å². The second-order valence-corrected chi connectivity index (χ2v) is 13.5. The van der Waals surface area contributed by atoms with Crippen LogP contribution < -0.4 is 9.81 Å². The minimum atomic E-state index is -2.06. The molecule has 0 radical (unpaired) electrons. The summed E-state index contributed by atoms with van der Waals surface area (Å²) in [4.78, 5) is 9.00. The number of carboxylic acid groups (broad SMARTS) is 1. The molecule has 3 heteroatoms. The molecule has 23 heavy (non-hydrogen) atoms. The van der Waals surface area contributed by atoms with Crippen LogP contribution in [0, 0.1) is 0 Å². The van der Waals surface area contributed by atoms with Crippen molar-refractivity contribution in [3.05, 3.63) is 91.0 Å². The molecular formula is C20H19BiO2. The van der Waals surface area contributed by atoms with Gasteiger partial charge in [-0.05, 0) is 0 Å². The number of carboxylic acids is 1. The van der Waals surface area contributed by atoms with Gasteiger partial charge >= 0.3 is 123 Å². The summed E-state index contributed by atoms with van der Waals surface area (Å²) >= 11 is -2.06. The third kappa shape index (κ3) is 5.61. The molecule has 0 aliphatic carbocycles. The minimum absolute atomic E-state index is 0.833. The van der Waals surface area contributed by atoms with Gasteiger partial charge in [0.2, 0.25) is 0 Å². The fourth-order valence-corrected chi connectivity index (χ4v) is 11.1. The molecule has 2 nitrogen and oxygen atoms in total. The van der Waals surface area contributed by atoms with Crippen molar-refractivity contribution in [3.63, 3.8) is 0 Å². The molecule has 0 heterocycles. The number of carbonyl (C=O) groups is 1. The summed E-state index contributed by atoms with van der Waals surface area (Å²) in [5, 5.41) is 7.42. The summed E-state index contributed by atoms with van der Waals surface area (Å²) in [5.74, 6) is -0.833. The van der Waals surface area contributed by atoms with E-state index in [1.165, 1.54) is 9.81 Å². The van der Waals surface area contributed by atoms with E-state index >= 15 is 0 Å². The van der Waals surface area contributed by atoms with Crippen molar-refractivity contribution in [2.75, 3.05) is 0 Å². The van der Waals surface area contributed by atoms with E-state index in [0.717, 1.165) is 6.92 Å². The summed E-state index contributed by atoms with van der Waals surface area (Å²) in [6, 6.07) is 33.0. The van der Waals surface area contributed by atoms with Gasteiger partial charge in [-0.15, -0.1) is 0 Å². The molecule has 0 saturated heterocycles. The van der Waals surface area contributed by atoms with Crippen molar-refractivity contribution < 1.29 is 9.90 Å². The number of benzene rings is 3. The van der Waals surface area contributed by atoms with Gasteiger partial charge in [0.1, 0.15) is 0 Å². The summed E-state index contributed by atoms with van der Waals surface area (Å²) in [6.45, 7) is 1.08. The molecular weight excluding hydrogens is 481 g/mol. The van der Waals surface area contributed by atoms with E-state index in [1.54, 1.807) is 0 Å².